The van der Waals surface area contributed by atoms with Crippen LogP contribution in [0.25, 0.3) is 0 Å². The molecule has 0 aromatic carbocycles. The molecule has 3 heteroatoms. The maximum atomic E-state index is 5.54. The number of hydrogen-bond donors (Lipinski definition) is 0. The Morgan fingerprint density at radius 3 is 2.50 bits per heavy atom. The van der Waals surface area contributed by atoms with Gasteiger partial charge in [-0.3, -0.25) is 0 Å². The van der Waals surface area contributed by atoms with Crippen molar-refractivity contribution in [2.75, 3.05) is 13.2 Å². The molecule has 1 saturated heterocycles. The van der Waals surface area contributed by atoms with Crippen LogP contribution in [0.15, 0.2) is 0 Å². The van der Waals surface area contributed by atoms with Crippen LogP contribution in [0.2, 0.25) is 0 Å². The fourth-order valence-corrected chi connectivity index (χ4v) is 2.52. The summed E-state index contributed by atoms with van der Waals surface area (Å²) in [7, 11) is 0. The second kappa shape index (κ2) is 2.47. The van der Waals surface area contributed by atoms with E-state index in [-0.39, 0.29) is 5.79 Å². The second-order valence-electron chi connectivity index (χ2n) is 2.87. The molecule has 10 heavy (non-hydrogen) atoms. The smallest absolute Gasteiger partial charge is 0.180 e. The van der Waals surface area contributed by atoms with Crippen LogP contribution >= 0.6 is 15.9 Å². The minimum absolute atomic E-state index is 0.236. The number of alkyl halides is 1. The van der Waals surface area contributed by atoms with Gasteiger partial charge in [0, 0.05) is 6.42 Å². The zero-order chi connectivity index (χ0) is 7.03. The largest absolute Gasteiger partial charge is 0.346 e. The van der Waals surface area contributed by atoms with Crippen molar-refractivity contribution in [2.24, 2.45) is 0 Å². The van der Waals surface area contributed by atoms with Crippen LogP contribution in [-0.2, 0) is 9.47 Å². The van der Waals surface area contributed by atoms with Gasteiger partial charge in [0.15, 0.2) is 5.79 Å². The lowest BCUT2D eigenvalue weighted by molar-refractivity contribution is -0.144. The number of rotatable bonds is 0. The van der Waals surface area contributed by atoms with Crippen molar-refractivity contribution in [3.63, 3.8) is 0 Å². The second-order valence-corrected chi connectivity index (χ2v) is 3.97. The Hall–Kier alpha value is 0.400. The van der Waals surface area contributed by atoms with E-state index in [1.165, 1.54) is 12.8 Å². The van der Waals surface area contributed by atoms with E-state index in [0.29, 0.717) is 4.83 Å². The van der Waals surface area contributed by atoms with Crippen molar-refractivity contribution in [2.45, 2.75) is 29.9 Å². The first-order valence-corrected chi connectivity index (χ1v) is 4.67. The predicted molar refractivity (Wildman–Crippen MR) is 41.2 cm³/mol. The zero-order valence-electron chi connectivity index (χ0n) is 5.81. The first-order valence-electron chi connectivity index (χ1n) is 3.75. The van der Waals surface area contributed by atoms with Crippen molar-refractivity contribution >= 4 is 15.9 Å². The normalized spacial score (nSPS) is 37.5. The van der Waals surface area contributed by atoms with Crippen LogP contribution in [0.3, 0.4) is 0 Å². The summed E-state index contributed by atoms with van der Waals surface area (Å²) >= 11 is 3.57. The molecule has 2 aliphatic rings. The van der Waals surface area contributed by atoms with E-state index in [1.54, 1.807) is 0 Å². The SMILES string of the molecule is Br[C@H]1CCCC12OCCO2. The number of ether oxygens (including phenoxy) is 2. The van der Waals surface area contributed by atoms with Crippen LogP contribution < -0.4 is 0 Å². The molecule has 58 valence electrons. The zero-order valence-corrected chi connectivity index (χ0v) is 7.39. The summed E-state index contributed by atoms with van der Waals surface area (Å²) in [6.07, 6.45) is 3.46. The molecule has 0 aromatic rings. The summed E-state index contributed by atoms with van der Waals surface area (Å²) in [5.74, 6) is -0.236. The van der Waals surface area contributed by atoms with Crippen molar-refractivity contribution < 1.29 is 9.47 Å². The Labute approximate surface area is 69.0 Å². The first-order chi connectivity index (χ1) is 4.83. The van der Waals surface area contributed by atoms with Crippen molar-refractivity contribution in [1.29, 1.82) is 0 Å². The highest BCUT2D eigenvalue weighted by molar-refractivity contribution is 9.09. The molecule has 0 radical (unpaired) electrons. The van der Waals surface area contributed by atoms with Crippen molar-refractivity contribution in [3.05, 3.63) is 0 Å². The van der Waals surface area contributed by atoms with Crippen LogP contribution in [0.4, 0.5) is 0 Å². The molecule has 0 bridgehead atoms. The lowest BCUT2D eigenvalue weighted by Crippen LogP contribution is -2.34. The summed E-state index contributed by atoms with van der Waals surface area (Å²) in [6, 6.07) is 0. The Bertz CT molecular complexity index is 126. The van der Waals surface area contributed by atoms with Crippen LogP contribution in [0.1, 0.15) is 19.3 Å². The lowest BCUT2D eigenvalue weighted by Gasteiger charge is -2.24. The standard InChI is InChI=1S/C7H11BrO2/c8-6-2-1-3-7(6)9-4-5-10-7/h6H,1-5H2/t6-/m0/s1. The molecule has 1 saturated carbocycles. The fourth-order valence-electron chi connectivity index (χ4n) is 1.70. The summed E-state index contributed by atoms with van der Waals surface area (Å²) in [4.78, 5) is 0.419. The third-order valence-electron chi connectivity index (χ3n) is 2.24. The van der Waals surface area contributed by atoms with E-state index < -0.39 is 0 Å². The minimum Gasteiger partial charge on any atom is -0.346 e. The average molecular weight is 207 g/mol. The monoisotopic (exact) mass is 206 g/mol. The third kappa shape index (κ3) is 0.917. The molecular weight excluding hydrogens is 196 g/mol. The lowest BCUT2D eigenvalue weighted by atomic mass is 10.2. The summed E-state index contributed by atoms with van der Waals surface area (Å²) in [6.45, 7) is 1.53. The van der Waals surface area contributed by atoms with Gasteiger partial charge < -0.3 is 9.47 Å². The Balaban J connectivity index is 2.11. The van der Waals surface area contributed by atoms with Gasteiger partial charge in [-0.15, -0.1) is 0 Å². The summed E-state index contributed by atoms with van der Waals surface area (Å²) in [5.41, 5.74) is 0. The summed E-state index contributed by atoms with van der Waals surface area (Å²) < 4.78 is 11.1. The predicted octanol–water partition coefficient (Wildman–Crippen LogP) is 1.68. The maximum absolute atomic E-state index is 5.54. The molecule has 2 rings (SSSR count). The first kappa shape index (κ1) is 7.07. The van der Waals surface area contributed by atoms with E-state index >= 15 is 0 Å². The maximum Gasteiger partial charge on any atom is 0.180 e. The molecular formula is C7H11BrO2. The molecule has 1 spiro atoms. The topological polar surface area (TPSA) is 18.5 Å². The molecule has 1 aliphatic heterocycles. The molecule has 1 atom stereocenters. The average Bonchev–Trinajstić information content (AvgIpc) is 2.48. The van der Waals surface area contributed by atoms with Gasteiger partial charge in [-0.05, 0) is 12.8 Å². The highest BCUT2D eigenvalue weighted by atomic mass is 79.9. The van der Waals surface area contributed by atoms with Gasteiger partial charge in [0.25, 0.3) is 0 Å². The Morgan fingerprint density at radius 1 is 1.30 bits per heavy atom. The highest BCUT2D eigenvalue weighted by Gasteiger charge is 2.46. The summed E-state index contributed by atoms with van der Waals surface area (Å²) in [5, 5.41) is 0. The van der Waals surface area contributed by atoms with Gasteiger partial charge in [0.05, 0.1) is 18.0 Å². The van der Waals surface area contributed by atoms with Gasteiger partial charge >= 0.3 is 0 Å². The number of hydrogen-bond acceptors (Lipinski definition) is 2. The van der Waals surface area contributed by atoms with E-state index in [1.807, 2.05) is 0 Å². The van der Waals surface area contributed by atoms with Gasteiger partial charge in [-0.25, -0.2) is 0 Å². The third-order valence-corrected chi connectivity index (χ3v) is 3.39. The Kier molecular flexibility index (Phi) is 1.74. The molecule has 0 N–H and O–H groups in total. The molecule has 2 fully saturated rings. The molecule has 2 nitrogen and oxygen atoms in total. The van der Waals surface area contributed by atoms with E-state index in [0.717, 1.165) is 19.6 Å². The van der Waals surface area contributed by atoms with E-state index in [2.05, 4.69) is 15.9 Å². The molecule has 0 amide bonds. The fraction of sp³-hybridized carbons (Fsp3) is 1.00. The van der Waals surface area contributed by atoms with Gasteiger partial charge in [0.1, 0.15) is 0 Å². The van der Waals surface area contributed by atoms with Crippen LogP contribution in [-0.4, -0.2) is 23.8 Å². The minimum atomic E-state index is -0.236. The number of halogens is 1. The van der Waals surface area contributed by atoms with Crippen LogP contribution in [0.5, 0.6) is 0 Å². The Morgan fingerprint density at radius 2 is 2.00 bits per heavy atom. The molecule has 1 heterocycles. The molecule has 0 unspecified atom stereocenters. The van der Waals surface area contributed by atoms with Gasteiger partial charge in [-0.1, -0.05) is 15.9 Å². The van der Waals surface area contributed by atoms with Crippen molar-refractivity contribution in [3.8, 4) is 0 Å². The highest BCUT2D eigenvalue weighted by Crippen LogP contribution is 2.41. The molecule has 0 aromatic heterocycles. The van der Waals surface area contributed by atoms with E-state index in [9.17, 15) is 0 Å². The van der Waals surface area contributed by atoms with Gasteiger partial charge in [0.2, 0.25) is 0 Å². The quantitative estimate of drug-likeness (QED) is 0.562. The van der Waals surface area contributed by atoms with Crippen LogP contribution in [0, 0.1) is 0 Å². The van der Waals surface area contributed by atoms with E-state index in [4.69, 9.17) is 9.47 Å². The van der Waals surface area contributed by atoms with Crippen molar-refractivity contribution in [1.82, 2.24) is 0 Å². The molecule has 1 aliphatic carbocycles. The van der Waals surface area contributed by atoms with Gasteiger partial charge in [-0.2, -0.15) is 0 Å².